The lowest BCUT2D eigenvalue weighted by Gasteiger charge is -2.42. The molecule has 10 heteroatoms. The molecule has 3 aliphatic rings. The molecule has 2 fully saturated rings. The Morgan fingerprint density at radius 2 is 1.94 bits per heavy atom. The maximum atomic E-state index is 13.9. The number of halogens is 3. The number of amides is 2. The summed E-state index contributed by atoms with van der Waals surface area (Å²) in [6.45, 7) is 5.45. The van der Waals surface area contributed by atoms with Crippen LogP contribution in [0.3, 0.4) is 0 Å². The SMILES string of the molecule is CC(C)[C@]1(C(=O)N2CCc3ncc(N)cc3C2)CC[C@@H](N(C(=O)C(F)(F)F)C2CCOCC2)C1. The van der Waals surface area contributed by atoms with Crippen LogP contribution in [0.4, 0.5) is 18.9 Å². The Balaban J connectivity index is 1.58. The van der Waals surface area contributed by atoms with Crippen molar-refractivity contribution in [1.29, 1.82) is 0 Å². The molecule has 7 nitrogen and oxygen atoms in total. The zero-order valence-electron chi connectivity index (χ0n) is 19.7. The number of alkyl halides is 3. The predicted molar refractivity (Wildman–Crippen MR) is 119 cm³/mol. The molecule has 1 saturated carbocycles. The number of nitrogens with zero attached hydrogens (tertiary/aromatic N) is 3. The summed E-state index contributed by atoms with van der Waals surface area (Å²) in [6, 6.07) is 0.677. The van der Waals surface area contributed by atoms with Gasteiger partial charge in [0.1, 0.15) is 0 Å². The summed E-state index contributed by atoms with van der Waals surface area (Å²) < 4.78 is 46.0. The minimum atomic E-state index is -4.95. The van der Waals surface area contributed by atoms with Gasteiger partial charge in [0.2, 0.25) is 5.91 Å². The highest BCUT2D eigenvalue weighted by Gasteiger charge is 2.55. The number of hydrogen-bond acceptors (Lipinski definition) is 5. The van der Waals surface area contributed by atoms with Crippen LogP contribution in [0.5, 0.6) is 0 Å². The first-order valence-corrected chi connectivity index (χ1v) is 12.0. The van der Waals surface area contributed by atoms with Gasteiger partial charge in [-0.1, -0.05) is 13.8 Å². The van der Waals surface area contributed by atoms with Crippen LogP contribution in [0.15, 0.2) is 12.3 Å². The van der Waals surface area contributed by atoms with E-state index in [1.165, 1.54) is 0 Å². The predicted octanol–water partition coefficient (Wildman–Crippen LogP) is 3.31. The van der Waals surface area contributed by atoms with Crippen LogP contribution in [0.2, 0.25) is 0 Å². The van der Waals surface area contributed by atoms with Crippen molar-refractivity contribution in [1.82, 2.24) is 14.8 Å². The number of nitrogens with two attached hydrogens (primary N) is 1. The number of aromatic nitrogens is 1. The van der Waals surface area contributed by atoms with Gasteiger partial charge in [-0.3, -0.25) is 14.6 Å². The van der Waals surface area contributed by atoms with Gasteiger partial charge < -0.3 is 20.3 Å². The van der Waals surface area contributed by atoms with Gasteiger partial charge in [0.05, 0.1) is 17.3 Å². The van der Waals surface area contributed by atoms with Crippen molar-refractivity contribution in [2.75, 3.05) is 25.5 Å². The molecule has 1 aromatic heterocycles. The van der Waals surface area contributed by atoms with Crippen LogP contribution in [-0.4, -0.2) is 64.6 Å². The van der Waals surface area contributed by atoms with E-state index < -0.39 is 29.6 Å². The molecule has 2 N–H and O–H groups in total. The van der Waals surface area contributed by atoms with E-state index in [-0.39, 0.29) is 18.2 Å². The molecule has 0 bridgehead atoms. The number of anilines is 1. The van der Waals surface area contributed by atoms with Gasteiger partial charge in [0.15, 0.2) is 0 Å². The Bertz CT molecular complexity index is 933. The minimum Gasteiger partial charge on any atom is -0.397 e. The summed E-state index contributed by atoms with van der Waals surface area (Å²) >= 11 is 0. The Kier molecular flexibility index (Phi) is 6.81. The van der Waals surface area contributed by atoms with E-state index in [1.54, 1.807) is 11.1 Å². The molecule has 0 radical (unpaired) electrons. The van der Waals surface area contributed by atoms with E-state index >= 15 is 0 Å². The van der Waals surface area contributed by atoms with Crippen molar-refractivity contribution in [3.63, 3.8) is 0 Å². The summed E-state index contributed by atoms with van der Waals surface area (Å²) in [5, 5.41) is 0. The summed E-state index contributed by atoms with van der Waals surface area (Å²) in [5.41, 5.74) is 7.43. The molecule has 1 aliphatic carbocycles. The second-order valence-electron chi connectivity index (χ2n) is 10.1. The highest BCUT2D eigenvalue weighted by atomic mass is 19.4. The minimum absolute atomic E-state index is 0.0514. The van der Waals surface area contributed by atoms with E-state index in [0.29, 0.717) is 64.1 Å². The van der Waals surface area contributed by atoms with E-state index in [0.717, 1.165) is 16.2 Å². The van der Waals surface area contributed by atoms with Gasteiger partial charge in [0, 0.05) is 50.5 Å². The van der Waals surface area contributed by atoms with Crippen LogP contribution in [0, 0.1) is 11.3 Å². The van der Waals surface area contributed by atoms with Crippen molar-refractivity contribution in [3.05, 3.63) is 23.5 Å². The van der Waals surface area contributed by atoms with Crippen molar-refractivity contribution >= 4 is 17.5 Å². The molecule has 2 amide bonds. The zero-order valence-corrected chi connectivity index (χ0v) is 19.7. The number of hydrogen-bond donors (Lipinski definition) is 1. The lowest BCUT2D eigenvalue weighted by Crippen LogP contribution is -2.54. The molecule has 0 spiro atoms. The third-order valence-electron chi connectivity index (χ3n) is 7.86. The lowest BCUT2D eigenvalue weighted by atomic mass is 9.73. The fourth-order valence-corrected chi connectivity index (χ4v) is 5.92. The summed E-state index contributed by atoms with van der Waals surface area (Å²) in [4.78, 5) is 33.6. The summed E-state index contributed by atoms with van der Waals surface area (Å²) in [7, 11) is 0. The molecular weight excluding hydrogens is 449 g/mol. The van der Waals surface area contributed by atoms with E-state index in [4.69, 9.17) is 10.5 Å². The number of nitrogen functional groups attached to an aromatic ring is 1. The monoisotopic (exact) mass is 482 g/mol. The molecule has 0 aromatic carbocycles. The first kappa shape index (κ1) is 24.8. The number of rotatable bonds is 4. The molecule has 1 saturated heterocycles. The van der Waals surface area contributed by atoms with E-state index in [1.807, 2.05) is 19.9 Å². The second kappa shape index (κ2) is 9.36. The number of carbonyl (C=O) groups excluding carboxylic acids is 2. The first-order valence-electron chi connectivity index (χ1n) is 12.0. The largest absolute Gasteiger partial charge is 0.471 e. The average Bonchev–Trinajstić information content (AvgIpc) is 3.24. The molecule has 34 heavy (non-hydrogen) atoms. The molecule has 3 heterocycles. The van der Waals surface area contributed by atoms with Crippen molar-refractivity contribution in [2.24, 2.45) is 11.3 Å². The number of fused-ring (bicyclic) bond motifs is 1. The first-order chi connectivity index (χ1) is 16.0. The highest BCUT2D eigenvalue weighted by molar-refractivity contribution is 5.85. The van der Waals surface area contributed by atoms with Crippen molar-refractivity contribution in [2.45, 2.75) is 77.2 Å². The Morgan fingerprint density at radius 1 is 1.24 bits per heavy atom. The zero-order chi connectivity index (χ0) is 24.7. The topological polar surface area (TPSA) is 88.8 Å². The van der Waals surface area contributed by atoms with Crippen LogP contribution in [0.1, 0.15) is 57.2 Å². The average molecular weight is 483 g/mol. The molecule has 188 valence electrons. The van der Waals surface area contributed by atoms with Crippen LogP contribution in [0.25, 0.3) is 0 Å². The number of pyridine rings is 1. The van der Waals surface area contributed by atoms with Crippen molar-refractivity contribution < 1.29 is 27.5 Å². The van der Waals surface area contributed by atoms with Crippen LogP contribution >= 0.6 is 0 Å². The van der Waals surface area contributed by atoms with Crippen molar-refractivity contribution in [3.8, 4) is 0 Å². The quantitative estimate of drug-likeness (QED) is 0.711. The maximum Gasteiger partial charge on any atom is 0.471 e. The standard InChI is InChI=1S/C24H33F3N4O3/c1-15(2)23(21(32)30-8-4-20-16(14-30)11-17(28)13-29-20)7-3-19(12-23)31(22(33)24(25,26)27)18-5-9-34-10-6-18/h11,13,15,18-19H,3-10,12,14,28H2,1-2H3/t19-,23+/m1/s1. The van der Waals surface area contributed by atoms with Gasteiger partial charge in [-0.15, -0.1) is 0 Å². The number of ether oxygens (including phenoxy) is 1. The van der Waals surface area contributed by atoms with Crippen LogP contribution < -0.4 is 5.73 Å². The molecule has 1 aromatic rings. The number of carbonyl (C=O) groups is 2. The Morgan fingerprint density at radius 3 is 2.59 bits per heavy atom. The second-order valence-corrected chi connectivity index (χ2v) is 10.1. The third kappa shape index (κ3) is 4.61. The Labute approximate surface area is 197 Å². The maximum absolute atomic E-state index is 13.9. The fraction of sp³-hybridized carbons (Fsp3) is 0.708. The summed E-state index contributed by atoms with van der Waals surface area (Å²) in [5.74, 6) is -1.93. The molecule has 2 aliphatic heterocycles. The third-order valence-corrected chi connectivity index (χ3v) is 7.86. The van der Waals surface area contributed by atoms with Gasteiger partial charge >= 0.3 is 12.1 Å². The smallest absolute Gasteiger partial charge is 0.397 e. The molecule has 0 unspecified atom stereocenters. The highest BCUT2D eigenvalue weighted by Crippen LogP contribution is 2.49. The Hall–Kier alpha value is -2.36. The van der Waals surface area contributed by atoms with E-state index in [2.05, 4.69) is 4.98 Å². The molecule has 2 atom stereocenters. The molecular formula is C24H33F3N4O3. The van der Waals surface area contributed by atoms with E-state index in [9.17, 15) is 22.8 Å². The van der Waals surface area contributed by atoms with Gasteiger partial charge in [-0.25, -0.2) is 0 Å². The summed E-state index contributed by atoms with van der Waals surface area (Å²) in [6.07, 6.45) is -0.915. The van der Waals surface area contributed by atoms with Gasteiger partial charge in [0.25, 0.3) is 0 Å². The molecule has 4 rings (SSSR count). The van der Waals surface area contributed by atoms with Gasteiger partial charge in [-0.05, 0) is 49.7 Å². The lowest BCUT2D eigenvalue weighted by molar-refractivity contribution is -0.192. The fourth-order valence-electron chi connectivity index (χ4n) is 5.92. The van der Waals surface area contributed by atoms with Gasteiger partial charge in [-0.2, -0.15) is 13.2 Å². The van der Waals surface area contributed by atoms with Crippen LogP contribution in [-0.2, 0) is 27.3 Å². The normalized spacial score (nSPS) is 25.9.